The summed E-state index contributed by atoms with van der Waals surface area (Å²) in [5.74, 6) is 0.475. The molecule has 0 amide bonds. The maximum atomic E-state index is 11.7. The van der Waals surface area contributed by atoms with Crippen molar-refractivity contribution in [1.29, 1.82) is 0 Å². The molecule has 0 aromatic rings. The zero-order valence-electron chi connectivity index (χ0n) is 10.2. The fraction of sp³-hybridized carbons (Fsp3) is 0.917. The Balaban J connectivity index is 3.95. The molecule has 0 aliphatic rings. The van der Waals surface area contributed by atoms with Gasteiger partial charge in [-0.2, -0.15) is 0 Å². The SMILES string of the molecule is CCCCOC(=O)C(C)(C)CC(C)C. The monoisotopic (exact) mass is 200 g/mol. The zero-order valence-corrected chi connectivity index (χ0v) is 10.2. The smallest absolute Gasteiger partial charge is 0.311 e. The lowest BCUT2D eigenvalue weighted by Crippen LogP contribution is -2.28. The molecule has 0 radical (unpaired) electrons. The van der Waals surface area contributed by atoms with Crippen LogP contribution in [0.5, 0.6) is 0 Å². The van der Waals surface area contributed by atoms with Crippen LogP contribution in [0.1, 0.15) is 53.9 Å². The minimum atomic E-state index is -0.331. The van der Waals surface area contributed by atoms with Gasteiger partial charge >= 0.3 is 5.97 Å². The average Bonchev–Trinajstić information content (AvgIpc) is 2.02. The molecule has 0 aliphatic carbocycles. The number of carbonyl (C=O) groups excluding carboxylic acids is 1. The van der Waals surface area contributed by atoms with Crippen molar-refractivity contribution in [3.8, 4) is 0 Å². The third kappa shape index (κ3) is 5.25. The first kappa shape index (κ1) is 13.5. The van der Waals surface area contributed by atoms with Gasteiger partial charge in [-0.05, 0) is 32.6 Å². The average molecular weight is 200 g/mol. The van der Waals surface area contributed by atoms with Gasteiger partial charge in [0.05, 0.1) is 12.0 Å². The van der Waals surface area contributed by atoms with Crippen molar-refractivity contribution in [3.05, 3.63) is 0 Å². The molecule has 0 heterocycles. The quantitative estimate of drug-likeness (QED) is 0.485. The predicted molar refractivity (Wildman–Crippen MR) is 59.1 cm³/mol. The van der Waals surface area contributed by atoms with Gasteiger partial charge < -0.3 is 4.74 Å². The van der Waals surface area contributed by atoms with Gasteiger partial charge in [0, 0.05) is 0 Å². The Bertz CT molecular complexity index is 171. The standard InChI is InChI=1S/C12H24O2/c1-6-7-8-14-11(13)12(4,5)9-10(2)3/h10H,6-9H2,1-5H3. The predicted octanol–water partition coefficient (Wildman–Crippen LogP) is 3.40. The van der Waals surface area contributed by atoms with Gasteiger partial charge in [-0.25, -0.2) is 0 Å². The molecular weight excluding hydrogens is 176 g/mol. The number of hydrogen-bond acceptors (Lipinski definition) is 2. The molecule has 0 rings (SSSR count). The molecule has 0 saturated heterocycles. The summed E-state index contributed by atoms with van der Waals surface area (Å²) >= 11 is 0. The Morgan fingerprint density at radius 1 is 1.36 bits per heavy atom. The molecule has 2 heteroatoms. The van der Waals surface area contributed by atoms with Crippen molar-refractivity contribution in [2.24, 2.45) is 11.3 Å². The fourth-order valence-corrected chi connectivity index (χ4v) is 1.61. The highest BCUT2D eigenvalue weighted by atomic mass is 16.5. The van der Waals surface area contributed by atoms with Gasteiger partial charge in [0.2, 0.25) is 0 Å². The first-order valence-corrected chi connectivity index (χ1v) is 5.57. The summed E-state index contributed by atoms with van der Waals surface area (Å²) in [6, 6.07) is 0. The second-order valence-electron chi connectivity index (χ2n) is 4.97. The van der Waals surface area contributed by atoms with E-state index in [1.165, 1.54) is 0 Å². The van der Waals surface area contributed by atoms with E-state index in [9.17, 15) is 4.79 Å². The van der Waals surface area contributed by atoms with E-state index in [2.05, 4.69) is 20.8 Å². The minimum Gasteiger partial charge on any atom is -0.465 e. The van der Waals surface area contributed by atoms with Crippen LogP contribution in [0.25, 0.3) is 0 Å². The largest absolute Gasteiger partial charge is 0.465 e. The molecule has 0 fully saturated rings. The van der Waals surface area contributed by atoms with E-state index < -0.39 is 0 Å². The number of hydrogen-bond donors (Lipinski definition) is 0. The van der Waals surface area contributed by atoms with Crippen molar-refractivity contribution < 1.29 is 9.53 Å². The zero-order chi connectivity index (χ0) is 11.2. The van der Waals surface area contributed by atoms with Crippen molar-refractivity contribution in [2.45, 2.75) is 53.9 Å². The summed E-state index contributed by atoms with van der Waals surface area (Å²) in [5, 5.41) is 0. The molecule has 0 aromatic carbocycles. The van der Waals surface area contributed by atoms with Gasteiger partial charge in [0.1, 0.15) is 0 Å². The summed E-state index contributed by atoms with van der Waals surface area (Å²) < 4.78 is 5.21. The molecule has 2 nitrogen and oxygen atoms in total. The van der Waals surface area contributed by atoms with E-state index in [1.54, 1.807) is 0 Å². The first-order chi connectivity index (χ1) is 6.40. The molecule has 0 bridgehead atoms. The lowest BCUT2D eigenvalue weighted by molar-refractivity contribution is -0.155. The molecular formula is C12H24O2. The van der Waals surface area contributed by atoms with E-state index in [4.69, 9.17) is 4.74 Å². The Morgan fingerprint density at radius 2 is 1.93 bits per heavy atom. The van der Waals surface area contributed by atoms with Crippen LogP contribution in [-0.2, 0) is 9.53 Å². The third-order valence-corrected chi connectivity index (χ3v) is 2.20. The molecule has 14 heavy (non-hydrogen) atoms. The Morgan fingerprint density at radius 3 is 2.36 bits per heavy atom. The first-order valence-electron chi connectivity index (χ1n) is 5.57. The molecule has 0 spiro atoms. The fourth-order valence-electron chi connectivity index (χ4n) is 1.61. The Labute approximate surface area is 88.0 Å². The summed E-state index contributed by atoms with van der Waals surface area (Å²) in [6.07, 6.45) is 2.92. The van der Waals surface area contributed by atoms with E-state index in [0.29, 0.717) is 12.5 Å². The van der Waals surface area contributed by atoms with Crippen molar-refractivity contribution >= 4 is 5.97 Å². The highest BCUT2D eigenvalue weighted by molar-refractivity contribution is 5.75. The lowest BCUT2D eigenvalue weighted by Gasteiger charge is -2.24. The van der Waals surface area contributed by atoms with E-state index in [-0.39, 0.29) is 11.4 Å². The summed E-state index contributed by atoms with van der Waals surface area (Å²) in [6.45, 7) is 10.8. The van der Waals surface area contributed by atoms with Gasteiger partial charge in [-0.3, -0.25) is 4.79 Å². The lowest BCUT2D eigenvalue weighted by atomic mass is 9.84. The van der Waals surface area contributed by atoms with Crippen molar-refractivity contribution in [3.63, 3.8) is 0 Å². The molecule has 0 unspecified atom stereocenters. The van der Waals surface area contributed by atoms with Gasteiger partial charge in [-0.1, -0.05) is 27.2 Å². The summed E-state index contributed by atoms with van der Waals surface area (Å²) in [4.78, 5) is 11.7. The second kappa shape index (κ2) is 6.05. The number of esters is 1. The molecule has 0 aliphatic heterocycles. The molecule has 84 valence electrons. The van der Waals surface area contributed by atoms with Crippen LogP contribution in [0.3, 0.4) is 0 Å². The number of unbranched alkanes of at least 4 members (excludes halogenated alkanes) is 1. The van der Waals surface area contributed by atoms with Crippen molar-refractivity contribution in [1.82, 2.24) is 0 Å². The summed E-state index contributed by atoms with van der Waals surface area (Å²) in [5.41, 5.74) is -0.331. The number of carbonyl (C=O) groups is 1. The minimum absolute atomic E-state index is 0.0559. The van der Waals surface area contributed by atoms with Gasteiger partial charge in [-0.15, -0.1) is 0 Å². The summed E-state index contributed by atoms with van der Waals surface area (Å²) in [7, 11) is 0. The van der Waals surface area contributed by atoms with Gasteiger partial charge in [0.25, 0.3) is 0 Å². The van der Waals surface area contributed by atoms with Crippen LogP contribution < -0.4 is 0 Å². The number of rotatable bonds is 6. The normalized spacial score (nSPS) is 11.9. The van der Waals surface area contributed by atoms with Crippen LogP contribution >= 0.6 is 0 Å². The molecule has 0 N–H and O–H groups in total. The van der Waals surface area contributed by atoms with E-state index in [1.807, 2.05) is 13.8 Å². The van der Waals surface area contributed by atoms with Crippen molar-refractivity contribution in [2.75, 3.05) is 6.61 Å². The topological polar surface area (TPSA) is 26.3 Å². The highest BCUT2D eigenvalue weighted by Gasteiger charge is 2.29. The van der Waals surface area contributed by atoms with Crippen LogP contribution in [-0.4, -0.2) is 12.6 Å². The maximum Gasteiger partial charge on any atom is 0.311 e. The van der Waals surface area contributed by atoms with Crippen LogP contribution in [0.4, 0.5) is 0 Å². The van der Waals surface area contributed by atoms with Crippen LogP contribution in [0.15, 0.2) is 0 Å². The van der Waals surface area contributed by atoms with Gasteiger partial charge in [0.15, 0.2) is 0 Å². The molecule has 0 atom stereocenters. The highest BCUT2D eigenvalue weighted by Crippen LogP contribution is 2.26. The maximum absolute atomic E-state index is 11.7. The Kier molecular flexibility index (Phi) is 5.82. The molecule has 0 saturated carbocycles. The van der Waals surface area contributed by atoms with Crippen LogP contribution in [0, 0.1) is 11.3 Å². The Hall–Kier alpha value is -0.530. The third-order valence-electron chi connectivity index (χ3n) is 2.20. The number of ether oxygens (including phenoxy) is 1. The van der Waals surface area contributed by atoms with E-state index >= 15 is 0 Å². The van der Waals surface area contributed by atoms with Crippen LogP contribution in [0.2, 0.25) is 0 Å². The second-order valence-corrected chi connectivity index (χ2v) is 4.97. The van der Waals surface area contributed by atoms with E-state index in [0.717, 1.165) is 19.3 Å². The molecule has 0 aromatic heterocycles.